The molecule has 3 aliphatic rings. The van der Waals surface area contributed by atoms with Gasteiger partial charge in [0.15, 0.2) is 5.17 Å². The van der Waals surface area contributed by atoms with Crippen LogP contribution in [0.25, 0.3) is 0 Å². The predicted molar refractivity (Wildman–Crippen MR) is 113 cm³/mol. The molecule has 1 N–H and O–H groups in total. The van der Waals surface area contributed by atoms with E-state index in [1.807, 2.05) is 24.0 Å². The molecule has 0 unspecified atom stereocenters. The van der Waals surface area contributed by atoms with Crippen LogP contribution >= 0.6 is 11.8 Å². The van der Waals surface area contributed by atoms with Crippen molar-refractivity contribution in [1.82, 2.24) is 10.2 Å². The molecular formula is C19H24N4O4S2. The number of carbonyl (C=O) groups is 2. The van der Waals surface area contributed by atoms with Gasteiger partial charge in [0.05, 0.1) is 11.4 Å². The number of carbonyl (C=O) groups excluding carboxylic acids is 2. The van der Waals surface area contributed by atoms with Crippen molar-refractivity contribution in [3.63, 3.8) is 0 Å². The maximum absolute atomic E-state index is 13.0. The third kappa shape index (κ3) is 4.28. The molecule has 0 spiro atoms. The van der Waals surface area contributed by atoms with E-state index in [-0.39, 0.29) is 23.6 Å². The number of nitrogens with one attached hydrogen (secondary N) is 1. The summed E-state index contributed by atoms with van der Waals surface area (Å²) in [7, 11) is -3.40. The van der Waals surface area contributed by atoms with E-state index in [0.717, 1.165) is 29.8 Å². The van der Waals surface area contributed by atoms with Gasteiger partial charge in [0.25, 0.3) is 15.9 Å². The lowest BCUT2D eigenvalue weighted by Gasteiger charge is -2.33. The smallest absolute Gasteiger partial charge is 0.257 e. The van der Waals surface area contributed by atoms with E-state index in [4.69, 9.17) is 0 Å². The first-order valence-corrected chi connectivity index (χ1v) is 12.3. The molecule has 0 aromatic heterocycles. The van der Waals surface area contributed by atoms with E-state index in [9.17, 15) is 18.0 Å². The van der Waals surface area contributed by atoms with E-state index in [1.54, 1.807) is 11.0 Å². The number of hydrogen-bond acceptors (Lipinski definition) is 6. The van der Waals surface area contributed by atoms with E-state index < -0.39 is 10.0 Å². The average Bonchev–Trinajstić information content (AvgIpc) is 3.03. The first-order valence-electron chi connectivity index (χ1n) is 9.87. The molecule has 2 amide bonds. The monoisotopic (exact) mass is 436 g/mol. The zero-order valence-electron chi connectivity index (χ0n) is 16.3. The second kappa shape index (κ2) is 7.98. The van der Waals surface area contributed by atoms with Crippen molar-refractivity contribution < 1.29 is 18.0 Å². The Hall–Kier alpha value is -2.07. The van der Waals surface area contributed by atoms with Crippen LogP contribution in [0.2, 0.25) is 0 Å². The summed E-state index contributed by atoms with van der Waals surface area (Å²) in [5, 5.41) is 3.47. The van der Waals surface area contributed by atoms with Gasteiger partial charge in [-0.25, -0.2) is 8.42 Å². The summed E-state index contributed by atoms with van der Waals surface area (Å²) in [6, 6.07) is 5.45. The molecule has 0 radical (unpaired) electrons. The number of sulfonamides is 1. The Morgan fingerprint density at radius 2 is 2.14 bits per heavy atom. The Kier molecular flexibility index (Phi) is 5.56. The molecule has 1 atom stereocenters. The van der Waals surface area contributed by atoms with Gasteiger partial charge in [-0.3, -0.25) is 9.59 Å². The van der Waals surface area contributed by atoms with Crippen LogP contribution in [0, 0.1) is 0 Å². The SMILES string of the molecule is CCCC(=O)N[C@H]1CCCN(C(=O)c2ccc3c(c2)SC2=NS(=O)(=O)CCN23)C1. The highest BCUT2D eigenvalue weighted by Crippen LogP contribution is 2.42. The minimum Gasteiger partial charge on any atom is -0.352 e. The fourth-order valence-electron chi connectivity index (χ4n) is 3.85. The molecule has 1 saturated heterocycles. The summed E-state index contributed by atoms with van der Waals surface area (Å²) < 4.78 is 27.4. The fourth-order valence-corrected chi connectivity index (χ4v) is 6.15. The van der Waals surface area contributed by atoms with Crippen molar-refractivity contribution >= 4 is 44.5 Å². The van der Waals surface area contributed by atoms with Crippen LogP contribution in [0.3, 0.4) is 0 Å². The molecule has 1 fully saturated rings. The number of anilines is 1. The van der Waals surface area contributed by atoms with E-state index >= 15 is 0 Å². The molecule has 1 aromatic carbocycles. The number of hydrogen-bond donors (Lipinski definition) is 1. The summed E-state index contributed by atoms with van der Waals surface area (Å²) in [4.78, 5) is 29.4. The maximum Gasteiger partial charge on any atom is 0.257 e. The molecule has 156 valence electrons. The second-order valence-corrected chi connectivity index (χ2v) is 10.3. The third-order valence-electron chi connectivity index (χ3n) is 5.27. The molecule has 1 aromatic rings. The number of likely N-dealkylation sites (tertiary alicyclic amines) is 1. The van der Waals surface area contributed by atoms with Gasteiger partial charge in [-0.1, -0.05) is 6.92 Å². The summed E-state index contributed by atoms with van der Waals surface area (Å²) in [6.45, 7) is 3.52. The highest BCUT2D eigenvalue weighted by Gasteiger charge is 2.34. The quantitative estimate of drug-likeness (QED) is 0.773. The Balaban J connectivity index is 1.48. The van der Waals surface area contributed by atoms with Crippen LogP contribution in [-0.4, -0.2) is 61.7 Å². The number of fused-ring (bicyclic) bond motifs is 3. The largest absolute Gasteiger partial charge is 0.352 e. The Bertz CT molecular complexity index is 976. The standard InChI is InChI=1S/C19H24N4O4S2/c1-2-4-17(24)20-14-5-3-8-22(12-14)18(25)13-6-7-15-16(11-13)28-19-21-29(26,27)10-9-23(15)19/h6-7,11,14H,2-5,8-10,12H2,1H3,(H,20,24)/t14-/m0/s1. The molecule has 3 aliphatic heterocycles. The van der Waals surface area contributed by atoms with Crippen LogP contribution in [-0.2, 0) is 14.8 Å². The van der Waals surface area contributed by atoms with Crippen LogP contribution < -0.4 is 10.2 Å². The van der Waals surface area contributed by atoms with Crippen LogP contribution in [0.5, 0.6) is 0 Å². The minimum atomic E-state index is -3.40. The van der Waals surface area contributed by atoms with Gasteiger partial charge in [0.2, 0.25) is 5.91 Å². The van der Waals surface area contributed by atoms with Crippen LogP contribution in [0.4, 0.5) is 5.69 Å². The number of amidine groups is 1. The van der Waals surface area contributed by atoms with Crippen LogP contribution in [0.1, 0.15) is 43.0 Å². The second-order valence-electron chi connectivity index (χ2n) is 7.50. The average molecular weight is 437 g/mol. The van der Waals surface area contributed by atoms with E-state index in [0.29, 0.717) is 36.8 Å². The van der Waals surface area contributed by atoms with Gasteiger partial charge in [-0.15, -0.1) is 4.40 Å². The molecule has 29 heavy (non-hydrogen) atoms. The van der Waals surface area contributed by atoms with Gasteiger partial charge >= 0.3 is 0 Å². The lowest BCUT2D eigenvalue weighted by atomic mass is 10.0. The van der Waals surface area contributed by atoms with Gasteiger partial charge in [-0.05, 0) is 49.2 Å². The first kappa shape index (κ1) is 20.2. The Labute approximate surface area is 174 Å². The molecular weight excluding hydrogens is 412 g/mol. The van der Waals surface area contributed by atoms with Gasteiger partial charge in [-0.2, -0.15) is 0 Å². The summed E-state index contributed by atoms with van der Waals surface area (Å²) in [5.74, 6) is -0.0359. The van der Waals surface area contributed by atoms with Crippen molar-refractivity contribution in [2.75, 3.05) is 30.3 Å². The van der Waals surface area contributed by atoms with Crippen molar-refractivity contribution in [2.45, 2.75) is 43.5 Å². The van der Waals surface area contributed by atoms with Crippen molar-refractivity contribution in [3.8, 4) is 0 Å². The number of amides is 2. The zero-order chi connectivity index (χ0) is 20.6. The maximum atomic E-state index is 13.0. The first-order chi connectivity index (χ1) is 13.9. The summed E-state index contributed by atoms with van der Waals surface area (Å²) in [6.07, 6.45) is 3.04. The molecule has 0 saturated carbocycles. The molecule has 0 aliphatic carbocycles. The molecule has 4 rings (SSSR count). The van der Waals surface area contributed by atoms with Crippen LogP contribution in [0.15, 0.2) is 27.5 Å². The topological polar surface area (TPSA) is 99.1 Å². The highest BCUT2D eigenvalue weighted by molar-refractivity contribution is 8.15. The highest BCUT2D eigenvalue weighted by atomic mass is 32.2. The van der Waals surface area contributed by atoms with E-state index in [1.165, 1.54) is 11.8 Å². The third-order valence-corrected chi connectivity index (χ3v) is 7.58. The molecule has 8 nitrogen and oxygen atoms in total. The van der Waals surface area contributed by atoms with Crippen molar-refractivity contribution in [1.29, 1.82) is 0 Å². The van der Waals surface area contributed by atoms with E-state index in [2.05, 4.69) is 9.71 Å². The molecule has 10 heteroatoms. The summed E-state index contributed by atoms with van der Waals surface area (Å²) in [5.41, 5.74) is 1.46. The Morgan fingerprint density at radius 3 is 2.93 bits per heavy atom. The zero-order valence-corrected chi connectivity index (χ0v) is 17.9. The summed E-state index contributed by atoms with van der Waals surface area (Å²) >= 11 is 1.28. The normalized spacial score (nSPS) is 22.5. The minimum absolute atomic E-state index is 0.00387. The number of nitrogens with zero attached hydrogens (tertiary/aromatic N) is 3. The Morgan fingerprint density at radius 1 is 1.31 bits per heavy atom. The van der Waals surface area contributed by atoms with Gasteiger partial charge in [0, 0.05) is 42.6 Å². The lowest BCUT2D eigenvalue weighted by molar-refractivity contribution is -0.122. The van der Waals surface area contributed by atoms with Crippen molar-refractivity contribution in [3.05, 3.63) is 23.8 Å². The number of thioether (sulfide) groups is 1. The lowest BCUT2D eigenvalue weighted by Crippen LogP contribution is -2.49. The molecule has 0 bridgehead atoms. The van der Waals surface area contributed by atoms with Crippen molar-refractivity contribution in [2.24, 2.45) is 4.40 Å². The predicted octanol–water partition coefficient (Wildman–Crippen LogP) is 1.82. The number of benzene rings is 1. The number of piperidine rings is 1. The van der Waals surface area contributed by atoms with Gasteiger partial charge < -0.3 is 15.1 Å². The number of rotatable bonds is 4. The molecule has 3 heterocycles. The fraction of sp³-hybridized carbons (Fsp3) is 0.526. The van der Waals surface area contributed by atoms with Gasteiger partial charge in [0.1, 0.15) is 0 Å².